The molecule has 0 spiro atoms. The highest BCUT2D eigenvalue weighted by Crippen LogP contribution is 2.20. The number of likely N-dealkylation sites (tertiary alicyclic amines) is 1. The smallest absolute Gasteiger partial charge is 0.305 e. The molecule has 2 N–H and O–H groups in total. The van der Waals surface area contributed by atoms with Crippen molar-refractivity contribution in [3.8, 4) is 6.07 Å². The van der Waals surface area contributed by atoms with Crippen molar-refractivity contribution in [2.45, 2.75) is 46.1 Å². The molecule has 24 heavy (non-hydrogen) atoms. The van der Waals surface area contributed by atoms with Crippen LogP contribution in [0.3, 0.4) is 0 Å². The Morgan fingerprint density at radius 3 is 2.71 bits per heavy atom. The first-order valence-corrected chi connectivity index (χ1v) is 9.08. The van der Waals surface area contributed by atoms with Crippen molar-refractivity contribution in [3.05, 3.63) is 21.3 Å². The van der Waals surface area contributed by atoms with Gasteiger partial charge in [0.05, 0.1) is 11.8 Å². The molecule has 1 aromatic heterocycles. The number of hydrogen-bond donors (Lipinski definition) is 2. The summed E-state index contributed by atoms with van der Waals surface area (Å²) in [6, 6.07) is 2.20. The van der Waals surface area contributed by atoms with Crippen LogP contribution in [0, 0.1) is 22.0 Å². The van der Waals surface area contributed by atoms with Gasteiger partial charge in [0.2, 0.25) is 5.91 Å². The van der Waals surface area contributed by atoms with Crippen molar-refractivity contribution in [2.24, 2.45) is 5.41 Å². The molecule has 8 heteroatoms. The second kappa shape index (κ2) is 7.92. The fraction of sp³-hybridized carbons (Fsp3) is 0.688. The molecule has 0 aromatic carbocycles. The van der Waals surface area contributed by atoms with Gasteiger partial charge in [0, 0.05) is 31.1 Å². The number of nitriles is 1. The van der Waals surface area contributed by atoms with E-state index in [1.54, 1.807) is 5.38 Å². The molecule has 2 heterocycles. The Morgan fingerprint density at radius 1 is 1.50 bits per heavy atom. The van der Waals surface area contributed by atoms with Gasteiger partial charge in [0.25, 0.3) is 5.01 Å². The van der Waals surface area contributed by atoms with Crippen LogP contribution in [-0.4, -0.2) is 36.5 Å². The molecule has 7 nitrogen and oxygen atoms in total. The Hall–Kier alpha value is -1.69. The van der Waals surface area contributed by atoms with Gasteiger partial charge in [-0.2, -0.15) is 5.26 Å². The second-order valence-corrected chi connectivity index (χ2v) is 8.00. The Bertz CT molecular complexity index is 609. The maximum Gasteiger partial charge on any atom is 0.305 e. The summed E-state index contributed by atoms with van der Waals surface area (Å²) in [7, 11) is 0. The molecule has 1 aromatic rings. The minimum Gasteiger partial charge on any atom is -0.617 e. The van der Waals surface area contributed by atoms with Crippen molar-refractivity contribution in [2.75, 3.05) is 19.6 Å². The Morgan fingerprint density at radius 2 is 2.17 bits per heavy atom. The van der Waals surface area contributed by atoms with E-state index in [1.165, 1.54) is 11.3 Å². The Kier molecular flexibility index (Phi) is 6.15. The van der Waals surface area contributed by atoms with E-state index in [-0.39, 0.29) is 17.0 Å². The van der Waals surface area contributed by atoms with E-state index in [1.807, 2.05) is 31.7 Å². The standard InChI is InChI=1S/C16H25N5O2S/c1-16(2,3)15(22)20-8-5-12(6-9-20)19-18-7-4-14-21(23)13(10-17)11-24-14/h11-12,18-19H,4-9H2,1-3H3. The maximum absolute atomic E-state index is 12.2. The number of hydrogen-bond acceptors (Lipinski definition) is 6. The highest BCUT2D eigenvalue weighted by atomic mass is 32.1. The lowest BCUT2D eigenvalue weighted by Gasteiger charge is -2.36. The first-order chi connectivity index (χ1) is 11.3. The highest BCUT2D eigenvalue weighted by Gasteiger charge is 2.30. The largest absolute Gasteiger partial charge is 0.617 e. The van der Waals surface area contributed by atoms with E-state index >= 15 is 0 Å². The van der Waals surface area contributed by atoms with E-state index in [2.05, 4.69) is 10.9 Å². The highest BCUT2D eigenvalue weighted by molar-refractivity contribution is 7.09. The summed E-state index contributed by atoms with van der Waals surface area (Å²) in [6.45, 7) is 8.01. The van der Waals surface area contributed by atoms with E-state index in [9.17, 15) is 10.0 Å². The van der Waals surface area contributed by atoms with Crippen LogP contribution >= 0.6 is 11.3 Å². The van der Waals surface area contributed by atoms with E-state index in [0.29, 0.717) is 28.7 Å². The van der Waals surface area contributed by atoms with Crippen molar-refractivity contribution < 1.29 is 9.52 Å². The predicted molar refractivity (Wildman–Crippen MR) is 91.9 cm³/mol. The minimum atomic E-state index is -0.324. The van der Waals surface area contributed by atoms with Gasteiger partial charge in [-0.05, 0) is 12.8 Å². The summed E-state index contributed by atoms with van der Waals surface area (Å²) in [6.07, 6.45) is 2.39. The van der Waals surface area contributed by atoms with Crippen LogP contribution in [0.5, 0.6) is 0 Å². The lowest BCUT2D eigenvalue weighted by molar-refractivity contribution is -0.610. The first-order valence-electron chi connectivity index (χ1n) is 8.20. The van der Waals surface area contributed by atoms with Gasteiger partial charge in [0.1, 0.15) is 0 Å². The molecule has 1 aliphatic heterocycles. The molecule has 1 aliphatic rings. The summed E-state index contributed by atoms with van der Waals surface area (Å²) in [4.78, 5) is 14.2. The van der Waals surface area contributed by atoms with Crippen molar-refractivity contribution in [3.63, 3.8) is 0 Å². The van der Waals surface area contributed by atoms with Crippen LogP contribution in [0.2, 0.25) is 0 Å². The maximum atomic E-state index is 12.2. The van der Waals surface area contributed by atoms with Gasteiger partial charge in [0.15, 0.2) is 6.07 Å². The lowest BCUT2D eigenvalue weighted by Crippen LogP contribution is -2.51. The zero-order valence-electron chi connectivity index (χ0n) is 14.5. The van der Waals surface area contributed by atoms with Gasteiger partial charge in [-0.25, -0.2) is 0 Å². The summed E-state index contributed by atoms with van der Waals surface area (Å²) in [5.41, 5.74) is 6.25. The third-order valence-electron chi connectivity index (χ3n) is 4.06. The van der Waals surface area contributed by atoms with Gasteiger partial charge in [-0.15, -0.1) is 4.73 Å². The monoisotopic (exact) mass is 351 g/mol. The number of nitrogens with one attached hydrogen (secondary N) is 2. The van der Waals surface area contributed by atoms with E-state index in [4.69, 9.17) is 5.26 Å². The average molecular weight is 351 g/mol. The second-order valence-electron chi connectivity index (χ2n) is 7.06. The topological polar surface area (TPSA) is 95.1 Å². The van der Waals surface area contributed by atoms with E-state index < -0.39 is 0 Å². The van der Waals surface area contributed by atoms with Gasteiger partial charge in [-0.1, -0.05) is 32.1 Å². The predicted octanol–water partition coefficient (Wildman–Crippen LogP) is 0.927. The normalized spacial score (nSPS) is 16.2. The number of rotatable bonds is 5. The molecule has 0 aliphatic carbocycles. The molecular formula is C16H25N5O2S. The molecule has 0 bridgehead atoms. The molecule has 0 atom stereocenters. The third kappa shape index (κ3) is 4.66. The summed E-state index contributed by atoms with van der Waals surface area (Å²) < 4.78 is 0.697. The number of aromatic nitrogens is 1. The third-order valence-corrected chi connectivity index (χ3v) is 5.04. The minimum absolute atomic E-state index is 0.152. The number of nitrogens with zero attached hydrogens (tertiary/aromatic N) is 3. The fourth-order valence-electron chi connectivity index (χ4n) is 2.67. The van der Waals surface area contributed by atoms with Gasteiger partial charge in [-0.3, -0.25) is 15.6 Å². The number of piperidine rings is 1. The zero-order valence-corrected chi connectivity index (χ0v) is 15.3. The molecule has 1 fully saturated rings. The number of carbonyl (C=O) groups is 1. The first kappa shape index (κ1) is 18.6. The van der Waals surface area contributed by atoms with Crippen LogP contribution in [0.1, 0.15) is 44.3 Å². The zero-order chi connectivity index (χ0) is 17.7. The Balaban J connectivity index is 1.67. The number of carbonyl (C=O) groups excluding carboxylic acids is 1. The van der Waals surface area contributed by atoms with Crippen LogP contribution in [0.4, 0.5) is 0 Å². The fourth-order valence-corrected chi connectivity index (χ4v) is 3.48. The molecule has 1 amide bonds. The SMILES string of the molecule is CC(C)(C)C(=O)N1CCC(NNCCc2scc(C#N)[n+]2[O-])CC1. The van der Waals surface area contributed by atoms with Crippen LogP contribution in [0.25, 0.3) is 0 Å². The molecule has 1 saturated heterocycles. The van der Waals surface area contributed by atoms with Crippen LogP contribution in [-0.2, 0) is 11.2 Å². The lowest BCUT2D eigenvalue weighted by atomic mass is 9.93. The molecule has 132 valence electrons. The number of thiazole rings is 1. The number of hydrazine groups is 1. The van der Waals surface area contributed by atoms with Crippen molar-refractivity contribution >= 4 is 17.2 Å². The van der Waals surface area contributed by atoms with Crippen LogP contribution in [0.15, 0.2) is 5.38 Å². The molecule has 0 radical (unpaired) electrons. The van der Waals surface area contributed by atoms with Crippen LogP contribution < -0.4 is 15.6 Å². The summed E-state index contributed by atoms with van der Waals surface area (Å²) in [5.74, 6) is 0.208. The molecule has 0 unspecified atom stereocenters. The van der Waals surface area contributed by atoms with Crippen molar-refractivity contribution in [1.29, 1.82) is 5.26 Å². The Labute approximate surface area is 146 Å². The number of amides is 1. The summed E-state index contributed by atoms with van der Waals surface area (Å²) in [5, 5.41) is 22.7. The summed E-state index contributed by atoms with van der Waals surface area (Å²) >= 11 is 1.31. The van der Waals surface area contributed by atoms with E-state index in [0.717, 1.165) is 25.9 Å². The molecule has 2 rings (SSSR count). The van der Waals surface area contributed by atoms with Gasteiger partial charge < -0.3 is 10.1 Å². The van der Waals surface area contributed by atoms with Gasteiger partial charge >= 0.3 is 5.69 Å². The van der Waals surface area contributed by atoms with Crippen molar-refractivity contribution in [1.82, 2.24) is 15.8 Å². The quantitative estimate of drug-likeness (QED) is 0.356. The molecular weight excluding hydrogens is 326 g/mol. The molecule has 0 saturated carbocycles. The average Bonchev–Trinajstić information content (AvgIpc) is 2.91.